The molecule has 2 heterocycles. The first-order valence-electron chi connectivity index (χ1n) is 9.01. The molecule has 2 aliphatic rings. The summed E-state index contributed by atoms with van der Waals surface area (Å²) in [6, 6.07) is 9.28. The van der Waals surface area contributed by atoms with Gasteiger partial charge in [-0.15, -0.1) is 0 Å². The van der Waals surface area contributed by atoms with Crippen LogP contribution in [0.2, 0.25) is 0 Å². The quantitative estimate of drug-likeness (QED) is 0.510. The lowest BCUT2D eigenvalue weighted by molar-refractivity contribution is -0.124. The fourth-order valence-electron chi connectivity index (χ4n) is 2.86. The van der Waals surface area contributed by atoms with Gasteiger partial charge in [-0.25, -0.2) is 8.42 Å². The van der Waals surface area contributed by atoms with Gasteiger partial charge in [-0.2, -0.15) is 0 Å². The maximum absolute atomic E-state index is 12.5. The number of rotatable bonds is 7. The average molecular weight is 449 g/mol. The summed E-state index contributed by atoms with van der Waals surface area (Å²) < 4.78 is 23.2. The summed E-state index contributed by atoms with van der Waals surface area (Å²) in [6.07, 6.45) is 7.57. The van der Waals surface area contributed by atoms with Crippen LogP contribution in [0, 0.1) is 0 Å². The van der Waals surface area contributed by atoms with Crippen molar-refractivity contribution in [3.05, 3.63) is 64.4 Å². The SMILES string of the molecule is O=C(CCCN1C(=O)/C(=C\C=C\c2ccccc2)SC1=S)N[C@H]1C=CS(=O)(=O)C1. The molecule has 29 heavy (non-hydrogen) atoms. The highest BCUT2D eigenvalue weighted by Crippen LogP contribution is 2.31. The zero-order valence-electron chi connectivity index (χ0n) is 15.5. The average Bonchev–Trinajstić information content (AvgIpc) is 3.15. The third-order valence-corrected chi connectivity index (χ3v) is 7.06. The predicted octanol–water partition coefficient (Wildman–Crippen LogP) is 2.65. The highest BCUT2D eigenvalue weighted by molar-refractivity contribution is 8.26. The molecule has 6 nitrogen and oxygen atoms in total. The molecule has 1 fully saturated rings. The molecule has 1 aromatic rings. The lowest BCUT2D eigenvalue weighted by Crippen LogP contribution is -2.36. The van der Waals surface area contributed by atoms with Crippen LogP contribution in [0.1, 0.15) is 18.4 Å². The number of thiocarbonyl (C=S) groups is 1. The molecule has 0 saturated carbocycles. The number of nitrogens with zero attached hydrogens (tertiary/aromatic N) is 1. The Bertz CT molecular complexity index is 998. The highest BCUT2D eigenvalue weighted by Gasteiger charge is 2.31. The molecule has 0 unspecified atom stereocenters. The molecule has 1 saturated heterocycles. The second-order valence-corrected chi connectivity index (χ2v) is 10.2. The molecule has 0 aliphatic carbocycles. The van der Waals surface area contributed by atoms with Crippen molar-refractivity contribution < 1.29 is 18.0 Å². The van der Waals surface area contributed by atoms with E-state index >= 15 is 0 Å². The van der Waals surface area contributed by atoms with Crippen LogP contribution >= 0.6 is 24.0 Å². The monoisotopic (exact) mass is 448 g/mol. The number of thioether (sulfide) groups is 1. The fourth-order valence-corrected chi connectivity index (χ4v) is 5.36. The number of nitrogens with one attached hydrogen (secondary N) is 1. The topological polar surface area (TPSA) is 83.6 Å². The van der Waals surface area contributed by atoms with E-state index in [2.05, 4.69) is 5.32 Å². The van der Waals surface area contributed by atoms with E-state index in [1.165, 1.54) is 22.7 Å². The van der Waals surface area contributed by atoms with E-state index in [1.807, 2.05) is 42.5 Å². The normalized spacial score (nSPS) is 22.1. The summed E-state index contributed by atoms with van der Waals surface area (Å²) >= 11 is 6.53. The Hall–Kier alpha value is -2.23. The van der Waals surface area contributed by atoms with Crippen LogP contribution in [0.3, 0.4) is 0 Å². The number of carbonyl (C=O) groups is 2. The molecule has 3 rings (SSSR count). The van der Waals surface area contributed by atoms with Gasteiger partial charge in [0.15, 0.2) is 9.84 Å². The van der Waals surface area contributed by atoms with Gasteiger partial charge in [-0.05, 0) is 24.1 Å². The zero-order valence-corrected chi connectivity index (χ0v) is 17.9. The van der Waals surface area contributed by atoms with Crippen LogP contribution in [0.5, 0.6) is 0 Å². The molecule has 2 aliphatic heterocycles. The van der Waals surface area contributed by atoms with Gasteiger partial charge in [0.25, 0.3) is 5.91 Å². The zero-order chi connectivity index (χ0) is 20.9. The molecule has 2 amide bonds. The van der Waals surface area contributed by atoms with Crippen molar-refractivity contribution in [2.45, 2.75) is 18.9 Å². The summed E-state index contributed by atoms with van der Waals surface area (Å²) in [5, 5.41) is 3.79. The van der Waals surface area contributed by atoms with Gasteiger partial charge in [0, 0.05) is 18.4 Å². The Morgan fingerprint density at radius 1 is 1.31 bits per heavy atom. The second-order valence-electron chi connectivity index (χ2n) is 6.56. The van der Waals surface area contributed by atoms with Crippen molar-refractivity contribution in [2.24, 2.45) is 0 Å². The van der Waals surface area contributed by atoms with Gasteiger partial charge in [-0.3, -0.25) is 14.5 Å². The van der Waals surface area contributed by atoms with Crippen molar-refractivity contribution in [3.63, 3.8) is 0 Å². The summed E-state index contributed by atoms with van der Waals surface area (Å²) in [6.45, 7) is 0.344. The first kappa shape index (κ1) is 21.5. The Balaban J connectivity index is 1.46. The van der Waals surface area contributed by atoms with E-state index < -0.39 is 15.9 Å². The minimum absolute atomic E-state index is 0.102. The maximum atomic E-state index is 12.5. The van der Waals surface area contributed by atoms with Gasteiger partial charge >= 0.3 is 0 Å². The molecule has 1 N–H and O–H groups in total. The fraction of sp³-hybridized carbons (Fsp3) is 0.250. The third kappa shape index (κ3) is 6.12. The van der Waals surface area contributed by atoms with E-state index in [0.29, 0.717) is 22.2 Å². The smallest absolute Gasteiger partial charge is 0.266 e. The molecular weight excluding hydrogens is 428 g/mol. The van der Waals surface area contributed by atoms with E-state index in [0.717, 1.165) is 11.0 Å². The van der Waals surface area contributed by atoms with Crippen LogP contribution in [0.4, 0.5) is 0 Å². The van der Waals surface area contributed by atoms with Crippen molar-refractivity contribution in [1.29, 1.82) is 0 Å². The summed E-state index contributed by atoms with van der Waals surface area (Å²) in [4.78, 5) is 26.6. The highest BCUT2D eigenvalue weighted by atomic mass is 32.2. The van der Waals surface area contributed by atoms with Crippen LogP contribution in [0.15, 0.2) is 58.9 Å². The van der Waals surface area contributed by atoms with E-state index in [4.69, 9.17) is 12.2 Å². The maximum Gasteiger partial charge on any atom is 0.266 e. The molecule has 1 aromatic carbocycles. The van der Waals surface area contributed by atoms with Crippen molar-refractivity contribution >= 4 is 56.0 Å². The second kappa shape index (κ2) is 9.51. The lowest BCUT2D eigenvalue weighted by Gasteiger charge is -2.15. The summed E-state index contributed by atoms with van der Waals surface area (Å²) in [7, 11) is -3.20. The summed E-state index contributed by atoms with van der Waals surface area (Å²) in [5.41, 5.74) is 1.04. The summed E-state index contributed by atoms with van der Waals surface area (Å²) in [5.74, 6) is -0.513. The van der Waals surface area contributed by atoms with Gasteiger partial charge < -0.3 is 5.32 Å². The third-order valence-electron chi connectivity index (χ3n) is 4.27. The van der Waals surface area contributed by atoms with Crippen molar-refractivity contribution in [1.82, 2.24) is 10.2 Å². The molecule has 9 heteroatoms. The lowest BCUT2D eigenvalue weighted by atomic mass is 10.2. The van der Waals surface area contributed by atoms with Gasteiger partial charge in [-0.1, -0.05) is 66.5 Å². The first-order chi connectivity index (χ1) is 13.8. The number of amides is 2. The Morgan fingerprint density at radius 2 is 2.07 bits per heavy atom. The Labute approximate surface area is 179 Å². The van der Waals surface area contributed by atoms with E-state index in [1.54, 1.807) is 6.08 Å². The number of carbonyl (C=O) groups excluding carboxylic acids is 2. The number of hydrogen-bond donors (Lipinski definition) is 1. The molecule has 1 atom stereocenters. The van der Waals surface area contributed by atoms with Crippen LogP contribution in [-0.4, -0.2) is 47.8 Å². The van der Waals surface area contributed by atoms with E-state index in [-0.39, 0.29) is 24.0 Å². The number of allylic oxidation sites excluding steroid dienone is 2. The van der Waals surface area contributed by atoms with Crippen molar-refractivity contribution in [3.8, 4) is 0 Å². The first-order valence-corrected chi connectivity index (χ1v) is 12.0. The Kier molecular flexibility index (Phi) is 7.05. The largest absolute Gasteiger partial charge is 0.349 e. The predicted molar refractivity (Wildman–Crippen MR) is 120 cm³/mol. The van der Waals surface area contributed by atoms with Gasteiger partial charge in [0.2, 0.25) is 5.91 Å². The molecule has 0 spiro atoms. The molecule has 0 radical (unpaired) electrons. The number of sulfone groups is 1. The minimum Gasteiger partial charge on any atom is -0.349 e. The number of benzene rings is 1. The standard InChI is InChI=1S/C20H20N2O4S3/c23-18(21-16-11-13-29(25,26)14-16)10-5-12-22-19(24)17(28-20(22)27)9-4-8-15-6-2-1-3-7-15/h1-4,6-9,11,13,16H,5,10,12,14H2,(H,21,23)/b8-4+,17-9+/t16-/m0/s1. The van der Waals surface area contributed by atoms with Crippen LogP contribution < -0.4 is 5.32 Å². The van der Waals surface area contributed by atoms with Gasteiger partial charge in [0.1, 0.15) is 4.32 Å². The molecular formula is C20H20N2O4S3. The molecule has 0 aromatic heterocycles. The van der Waals surface area contributed by atoms with E-state index in [9.17, 15) is 18.0 Å². The van der Waals surface area contributed by atoms with Crippen molar-refractivity contribution in [2.75, 3.05) is 12.3 Å². The number of hydrogen-bond acceptors (Lipinski definition) is 6. The van der Waals surface area contributed by atoms with Crippen LogP contribution in [0.25, 0.3) is 6.08 Å². The minimum atomic E-state index is -3.20. The van der Waals surface area contributed by atoms with Crippen LogP contribution in [-0.2, 0) is 19.4 Å². The molecule has 152 valence electrons. The molecule has 0 bridgehead atoms. The Morgan fingerprint density at radius 3 is 2.76 bits per heavy atom. The van der Waals surface area contributed by atoms with Gasteiger partial charge in [0.05, 0.1) is 16.7 Å².